The van der Waals surface area contributed by atoms with E-state index in [1.54, 1.807) is 24.3 Å². The summed E-state index contributed by atoms with van der Waals surface area (Å²) in [6.07, 6.45) is -4.71. The van der Waals surface area contributed by atoms with Crippen LogP contribution in [0.5, 0.6) is 0 Å². The molecule has 0 aliphatic carbocycles. The van der Waals surface area contributed by atoms with Crippen LogP contribution in [0.25, 0.3) is 11.4 Å². The van der Waals surface area contributed by atoms with E-state index in [0.717, 1.165) is 15.9 Å². The van der Waals surface area contributed by atoms with E-state index in [1.807, 2.05) is 20.8 Å². The smallest absolute Gasteiger partial charge is 0.338 e. The fraction of sp³-hybridized carbons (Fsp3) is 0.269. The Labute approximate surface area is 227 Å². The molecule has 40 heavy (non-hydrogen) atoms. The lowest BCUT2D eigenvalue weighted by Gasteiger charge is -2.26. The van der Waals surface area contributed by atoms with E-state index in [-0.39, 0.29) is 56.9 Å². The molecule has 10 nitrogen and oxygen atoms in total. The van der Waals surface area contributed by atoms with Crippen molar-refractivity contribution in [2.24, 2.45) is 5.18 Å². The van der Waals surface area contributed by atoms with Crippen molar-refractivity contribution in [2.75, 3.05) is 9.62 Å². The summed E-state index contributed by atoms with van der Waals surface area (Å²) >= 11 is 0. The Hall–Kier alpha value is -4.33. The van der Waals surface area contributed by atoms with Gasteiger partial charge in [-0.3, -0.25) is 4.31 Å². The standard InChI is InChI=1S/C26H23F3N6O4S/c1-25(2,3)16-8-10-17(11-9-16)40(37,38)35-14-15-7-12-20(26(27,28)29)32-23(15)31-19-6-4-5-18(22(19)35)24-33-21(13-30-36)39-34-24/h4-12H,13-14H2,1-3H3,(H,31,32). The highest BCUT2D eigenvalue weighted by molar-refractivity contribution is 7.92. The van der Waals surface area contributed by atoms with Gasteiger partial charge in [0.25, 0.3) is 15.9 Å². The number of hydrogen-bond acceptors (Lipinski definition) is 9. The molecule has 1 N–H and O–H groups in total. The number of halogens is 3. The third-order valence-electron chi connectivity index (χ3n) is 6.34. The molecule has 5 rings (SSSR count). The molecular formula is C26H23F3N6O4S. The fourth-order valence-corrected chi connectivity index (χ4v) is 5.76. The Morgan fingerprint density at radius 2 is 1.75 bits per heavy atom. The number of pyridine rings is 1. The van der Waals surface area contributed by atoms with Crippen LogP contribution in [0.4, 0.5) is 30.4 Å². The normalized spacial score (nSPS) is 13.7. The summed E-state index contributed by atoms with van der Waals surface area (Å²) in [5.74, 6) is -0.264. The van der Waals surface area contributed by atoms with E-state index in [9.17, 15) is 26.5 Å². The summed E-state index contributed by atoms with van der Waals surface area (Å²) in [4.78, 5) is 18.6. The number of aromatic nitrogens is 3. The minimum atomic E-state index is -4.71. The lowest BCUT2D eigenvalue weighted by Crippen LogP contribution is -2.31. The van der Waals surface area contributed by atoms with Crippen LogP contribution >= 0.6 is 0 Å². The van der Waals surface area contributed by atoms with Gasteiger partial charge in [-0.25, -0.2) is 13.4 Å². The van der Waals surface area contributed by atoms with Crippen LogP contribution in [0.3, 0.4) is 0 Å². The van der Waals surface area contributed by atoms with Crippen molar-refractivity contribution in [3.63, 3.8) is 0 Å². The molecule has 208 valence electrons. The number of anilines is 3. The zero-order chi connectivity index (χ0) is 28.9. The summed E-state index contributed by atoms with van der Waals surface area (Å²) in [6.45, 7) is 5.26. The first-order chi connectivity index (χ1) is 18.8. The van der Waals surface area contributed by atoms with E-state index >= 15 is 0 Å². The van der Waals surface area contributed by atoms with Gasteiger partial charge in [0.15, 0.2) is 6.54 Å². The molecule has 3 heterocycles. The third kappa shape index (κ3) is 5.01. The van der Waals surface area contributed by atoms with E-state index in [1.165, 1.54) is 24.3 Å². The van der Waals surface area contributed by atoms with Gasteiger partial charge >= 0.3 is 6.18 Å². The predicted octanol–water partition coefficient (Wildman–Crippen LogP) is 6.17. The number of nitroso groups, excluding NO2 is 1. The van der Waals surface area contributed by atoms with Gasteiger partial charge in [0.05, 0.1) is 22.8 Å². The van der Waals surface area contributed by atoms with Crippen molar-refractivity contribution in [2.45, 2.75) is 50.3 Å². The molecule has 0 saturated heterocycles. The average Bonchev–Trinajstić information content (AvgIpc) is 3.28. The van der Waals surface area contributed by atoms with E-state index in [4.69, 9.17) is 4.52 Å². The quantitative estimate of drug-likeness (QED) is 0.281. The first-order valence-corrected chi connectivity index (χ1v) is 13.5. The van der Waals surface area contributed by atoms with Gasteiger partial charge < -0.3 is 9.84 Å². The topological polar surface area (TPSA) is 131 Å². The monoisotopic (exact) mass is 572 g/mol. The van der Waals surface area contributed by atoms with E-state index < -0.39 is 28.4 Å². The van der Waals surface area contributed by atoms with Crippen molar-refractivity contribution in [1.29, 1.82) is 0 Å². The number of benzene rings is 2. The number of fused-ring (bicyclic) bond motifs is 2. The molecule has 4 aromatic rings. The van der Waals surface area contributed by atoms with Gasteiger partial charge in [0.2, 0.25) is 5.82 Å². The van der Waals surface area contributed by atoms with Crippen LogP contribution in [-0.2, 0) is 34.7 Å². The molecule has 2 aromatic heterocycles. The summed E-state index contributed by atoms with van der Waals surface area (Å²) in [7, 11) is -4.29. The predicted molar refractivity (Wildman–Crippen MR) is 140 cm³/mol. The van der Waals surface area contributed by atoms with Crippen molar-refractivity contribution in [1.82, 2.24) is 15.1 Å². The summed E-state index contributed by atoms with van der Waals surface area (Å²) in [5, 5.41) is 9.46. The maximum absolute atomic E-state index is 14.2. The van der Waals surface area contributed by atoms with Crippen molar-refractivity contribution < 1.29 is 26.1 Å². The highest BCUT2D eigenvalue weighted by atomic mass is 32.2. The molecular weight excluding hydrogens is 549 g/mol. The second-order valence-electron chi connectivity index (χ2n) is 10.1. The zero-order valence-electron chi connectivity index (χ0n) is 21.5. The third-order valence-corrected chi connectivity index (χ3v) is 8.10. The molecule has 0 unspecified atom stereocenters. The molecule has 0 fully saturated rings. The summed E-state index contributed by atoms with van der Waals surface area (Å²) in [6, 6.07) is 13.0. The molecule has 14 heteroatoms. The van der Waals surface area contributed by atoms with Crippen molar-refractivity contribution in [3.8, 4) is 11.4 Å². The van der Waals surface area contributed by atoms with Gasteiger partial charge in [-0.2, -0.15) is 23.1 Å². The van der Waals surface area contributed by atoms with E-state index in [2.05, 4.69) is 25.6 Å². The molecule has 0 saturated carbocycles. The van der Waals surface area contributed by atoms with Crippen LogP contribution in [0.15, 0.2) is 69.2 Å². The minimum absolute atomic E-state index is 0.0245. The number of sulfonamides is 1. The van der Waals surface area contributed by atoms with Crippen LogP contribution in [0.1, 0.15) is 43.5 Å². The van der Waals surface area contributed by atoms with Crippen LogP contribution < -0.4 is 9.62 Å². The maximum atomic E-state index is 14.2. The second kappa shape index (κ2) is 9.70. The Balaban J connectivity index is 1.71. The highest BCUT2D eigenvalue weighted by Crippen LogP contribution is 2.44. The zero-order valence-corrected chi connectivity index (χ0v) is 22.3. The summed E-state index contributed by atoms with van der Waals surface area (Å²) in [5.41, 5.74) is 0.200. The number of para-hydroxylation sites is 1. The van der Waals surface area contributed by atoms with Gasteiger partial charge in [0.1, 0.15) is 11.5 Å². The number of nitrogens with one attached hydrogen (secondary N) is 1. The summed E-state index contributed by atoms with van der Waals surface area (Å²) < 4.78 is 74.8. The lowest BCUT2D eigenvalue weighted by molar-refractivity contribution is -0.141. The van der Waals surface area contributed by atoms with Gasteiger partial charge in [-0.05, 0) is 41.3 Å². The number of nitrogens with zero attached hydrogens (tertiary/aromatic N) is 5. The van der Waals surface area contributed by atoms with Crippen LogP contribution in [0.2, 0.25) is 0 Å². The Morgan fingerprint density at radius 3 is 2.40 bits per heavy atom. The van der Waals surface area contributed by atoms with E-state index in [0.29, 0.717) is 0 Å². The maximum Gasteiger partial charge on any atom is 0.433 e. The van der Waals surface area contributed by atoms with Gasteiger partial charge in [0, 0.05) is 11.1 Å². The highest BCUT2D eigenvalue weighted by Gasteiger charge is 2.37. The lowest BCUT2D eigenvalue weighted by atomic mass is 9.87. The Kier molecular flexibility index (Phi) is 6.60. The average molecular weight is 573 g/mol. The first kappa shape index (κ1) is 27.2. The first-order valence-electron chi connectivity index (χ1n) is 12.0. The van der Waals surface area contributed by atoms with Gasteiger partial charge in [-0.15, -0.1) is 0 Å². The van der Waals surface area contributed by atoms with Crippen LogP contribution in [0, 0.1) is 4.91 Å². The Morgan fingerprint density at radius 1 is 1.02 bits per heavy atom. The second-order valence-corrected chi connectivity index (χ2v) is 12.0. The molecule has 1 aliphatic heterocycles. The SMILES string of the molecule is CC(C)(C)c1ccc(S(=O)(=O)N2Cc3ccc(C(F)(F)F)nc3Nc3cccc(-c4noc(CN=O)n4)c32)cc1. The van der Waals surface area contributed by atoms with Gasteiger partial charge in [-0.1, -0.05) is 55.4 Å². The number of rotatable bonds is 5. The fourth-order valence-electron chi connectivity index (χ4n) is 4.28. The molecule has 2 aromatic carbocycles. The largest absolute Gasteiger partial charge is 0.433 e. The minimum Gasteiger partial charge on any atom is -0.338 e. The molecule has 0 atom stereocenters. The van der Waals surface area contributed by atoms with Crippen molar-refractivity contribution >= 4 is 27.2 Å². The molecule has 1 aliphatic rings. The number of hydrogen-bond donors (Lipinski definition) is 1. The molecule has 0 amide bonds. The Bertz CT molecular complexity index is 1700. The molecule has 0 bridgehead atoms. The van der Waals surface area contributed by atoms with Crippen LogP contribution in [-0.4, -0.2) is 23.5 Å². The molecule has 0 radical (unpaired) electrons. The number of alkyl halides is 3. The molecule has 0 spiro atoms. The van der Waals surface area contributed by atoms with Crippen molar-refractivity contribution in [3.05, 3.63) is 82.2 Å².